The van der Waals surface area contributed by atoms with Crippen molar-refractivity contribution in [3.63, 3.8) is 0 Å². The molecule has 4 aromatic carbocycles. The van der Waals surface area contributed by atoms with Gasteiger partial charge in [0.25, 0.3) is 11.1 Å². The Kier molecular flexibility index (Phi) is 6.39. The predicted molar refractivity (Wildman–Crippen MR) is 138 cm³/mol. The number of imide groups is 1. The molecule has 0 unspecified atom stereocenters. The molecule has 2 amide bonds. The smallest absolute Gasteiger partial charge is 0.293 e. The van der Waals surface area contributed by atoms with Gasteiger partial charge in [0.15, 0.2) is 0 Å². The lowest BCUT2D eigenvalue weighted by Crippen LogP contribution is -2.27. The minimum absolute atomic E-state index is 0.222. The average molecular weight is 486 g/mol. The molecular formula is C28H20ClNO3S. The maximum Gasteiger partial charge on any atom is 0.293 e. The number of halogens is 1. The highest BCUT2D eigenvalue weighted by atomic mass is 35.5. The molecule has 4 aromatic rings. The van der Waals surface area contributed by atoms with Crippen molar-refractivity contribution in [2.75, 3.05) is 0 Å². The SMILES string of the molecule is O=C1S/C(=C\c2ccc(OCc3cccc4ccccc34)cc2)C(=O)N1Cc1ccc(Cl)cc1. The maximum absolute atomic E-state index is 12.8. The van der Waals surface area contributed by atoms with Crippen LogP contribution >= 0.6 is 23.4 Å². The number of carbonyl (C=O) groups is 2. The number of amides is 2. The molecule has 0 aromatic heterocycles. The molecule has 0 aliphatic carbocycles. The van der Waals surface area contributed by atoms with E-state index in [2.05, 4.69) is 24.3 Å². The molecule has 6 heteroatoms. The molecule has 168 valence electrons. The van der Waals surface area contributed by atoms with Crippen molar-refractivity contribution in [2.45, 2.75) is 13.2 Å². The number of fused-ring (bicyclic) bond motifs is 1. The van der Waals surface area contributed by atoms with Gasteiger partial charge < -0.3 is 4.74 Å². The molecule has 1 aliphatic rings. The first-order valence-corrected chi connectivity index (χ1v) is 12.0. The molecule has 5 rings (SSSR count). The molecule has 0 saturated carbocycles. The van der Waals surface area contributed by atoms with E-state index < -0.39 is 0 Å². The van der Waals surface area contributed by atoms with E-state index in [1.54, 1.807) is 18.2 Å². The standard InChI is InChI=1S/C28H20ClNO3S/c29-23-12-8-20(9-13-23)17-30-27(31)26(34-28(30)32)16-19-10-14-24(15-11-19)33-18-22-6-3-5-21-4-1-2-7-25(21)22/h1-16H,17-18H2/b26-16-. The number of carbonyl (C=O) groups excluding carboxylic acids is 2. The lowest BCUT2D eigenvalue weighted by molar-refractivity contribution is -0.123. The molecule has 0 atom stereocenters. The van der Waals surface area contributed by atoms with Gasteiger partial charge in [-0.05, 0) is 69.6 Å². The lowest BCUT2D eigenvalue weighted by atomic mass is 10.1. The van der Waals surface area contributed by atoms with Crippen LogP contribution in [-0.4, -0.2) is 16.0 Å². The van der Waals surface area contributed by atoms with Gasteiger partial charge in [0.1, 0.15) is 12.4 Å². The summed E-state index contributed by atoms with van der Waals surface area (Å²) in [5, 5.41) is 2.70. The van der Waals surface area contributed by atoms with Crippen LogP contribution in [0.2, 0.25) is 5.02 Å². The van der Waals surface area contributed by atoms with E-state index in [0.29, 0.717) is 16.5 Å². The van der Waals surface area contributed by atoms with Crippen molar-refractivity contribution in [2.24, 2.45) is 0 Å². The fraction of sp³-hybridized carbons (Fsp3) is 0.0714. The third kappa shape index (κ3) is 4.86. The molecule has 0 N–H and O–H groups in total. The predicted octanol–water partition coefficient (Wildman–Crippen LogP) is 7.31. The van der Waals surface area contributed by atoms with Crippen molar-refractivity contribution < 1.29 is 14.3 Å². The number of nitrogens with zero attached hydrogens (tertiary/aromatic N) is 1. The van der Waals surface area contributed by atoms with Crippen LogP contribution < -0.4 is 4.74 Å². The zero-order valence-electron chi connectivity index (χ0n) is 18.1. The summed E-state index contributed by atoms with van der Waals surface area (Å²) in [6.45, 7) is 0.685. The third-order valence-corrected chi connectivity index (χ3v) is 6.74. The van der Waals surface area contributed by atoms with Gasteiger partial charge in [-0.1, -0.05) is 78.3 Å². The monoisotopic (exact) mass is 485 g/mol. The Balaban J connectivity index is 1.25. The largest absolute Gasteiger partial charge is 0.489 e. The first-order valence-electron chi connectivity index (χ1n) is 10.8. The van der Waals surface area contributed by atoms with E-state index in [1.165, 1.54) is 15.7 Å². The summed E-state index contributed by atoms with van der Waals surface area (Å²) < 4.78 is 5.99. The Labute approximate surface area is 206 Å². The van der Waals surface area contributed by atoms with Gasteiger partial charge >= 0.3 is 0 Å². The first kappa shape index (κ1) is 22.3. The fourth-order valence-corrected chi connectivity index (χ4v) is 4.76. The van der Waals surface area contributed by atoms with Crippen LogP contribution in [0.3, 0.4) is 0 Å². The lowest BCUT2D eigenvalue weighted by Gasteiger charge is -2.12. The molecule has 0 radical (unpaired) electrons. The van der Waals surface area contributed by atoms with Gasteiger partial charge in [-0.2, -0.15) is 0 Å². The van der Waals surface area contributed by atoms with Crippen molar-refractivity contribution in [3.05, 3.63) is 118 Å². The Morgan fingerprint density at radius 1 is 0.853 bits per heavy atom. The molecule has 1 fully saturated rings. The van der Waals surface area contributed by atoms with Gasteiger partial charge in [0.05, 0.1) is 11.4 Å². The third-order valence-electron chi connectivity index (χ3n) is 5.58. The minimum atomic E-state index is -0.291. The second-order valence-electron chi connectivity index (χ2n) is 7.89. The highest BCUT2D eigenvalue weighted by Gasteiger charge is 2.34. The van der Waals surface area contributed by atoms with Gasteiger partial charge in [0, 0.05) is 5.02 Å². The number of thioether (sulfide) groups is 1. The van der Waals surface area contributed by atoms with Crippen LogP contribution in [0, 0.1) is 0 Å². The van der Waals surface area contributed by atoms with E-state index in [1.807, 2.05) is 54.6 Å². The van der Waals surface area contributed by atoms with E-state index in [4.69, 9.17) is 16.3 Å². The average Bonchev–Trinajstić information content (AvgIpc) is 3.12. The Morgan fingerprint density at radius 3 is 2.38 bits per heavy atom. The van der Waals surface area contributed by atoms with E-state index in [9.17, 15) is 9.59 Å². The Hall–Kier alpha value is -3.54. The summed E-state index contributed by atoms with van der Waals surface area (Å²) in [7, 11) is 0. The van der Waals surface area contributed by atoms with Crippen LogP contribution in [0.5, 0.6) is 5.75 Å². The number of rotatable bonds is 6. The molecular weight excluding hydrogens is 466 g/mol. The molecule has 0 bridgehead atoms. The van der Waals surface area contributed by atoms with E-state index >= 15 is 0 Å². The molecule has 34 heavy (non-hydrogen) atoms. The van der Waals surface area contributed by atoms with Crippen LogP contribution in [0.1, 0.15) is 16.7 Å². The first-order chi connectivity index (χ1) is 16.6. The summed E-state index contributed by atoms with van der Waals surface area (Å²) in [5.41, 5.74) is 2.80. The fourth-order valence-electron chi connectivity index (χ4n) is 3.80. The summed E-state index contributed by atoms with van der Waals surface area (Å²) >= 11 is 6.87. The highest BCUT2D eigenvalue weighted by molar-refractivity contribution is 8.18. The summed E-state index contributed by atoms with van der Waals surface area (Å²) in [6, 6.07) is 29.0. The number of hydrogen-bond acceptors (Lipinski definition) is 4. The molecule has 0 spiro atoms. The topological polar surface area (TPSA) is 46.6 Å². The summed E-state index contributed by atoms with van der Waals surface area (Å²) in [4.78, 5) is 26.9. The van der Waals surface area contributed by atoms with Crippen LogP contribution in [0.4, 0.5) is 4.79 Å². The van der Waals surface area contributed by atoms with Crippen LogP contribution in [0.15, 0.2) is 95.9 Å². The number of ether oxygens (including phenoxy) is 1. The summed E-state index contributed by atoms with van der Waals surface area (Å²) in [6.07, 6.45) is 1.74. The van der Waals surface area contributed by atoms with Crippen LogP contribution in [-0.2, 0) is 17.9 Å². The quantitative estimate of drug-likeness (QED) is 0.269. The van der Waals surface area contributed by atoms with Gasteiger partial charge in [-0.25, -0.2) is 0 Å². The minimum Gasteiger partial charge on any atom is -0.489 e. The summed E-state index contributed by atoms with van der Waals surface area (Å²) in [5.74, 6) is 0.446. The van der Waals surface area contributed by atoms with Crippen molar-refractivity contribution >= 4 is 51.4 Å². The van der Waals surface area contributed by atoms with E-state index in [-0.39, 0.29) is 17.7 Å². The maximum atomic E-state index is 12.8. The second kappa shape index (κ2) is 9.75. The van der Waals surface area contributed by atoms with Gasteiger partial charge in [-0.3, -0.25) is 14.5 Å². The zero-order chi connectivity index (χ0) is 23.5. The van der Waals surface area contributed by atoms with E-state index in [0.717, 1.165) is 34.2 Å². The number of hydrogen-bond donors (Lipinski definition) is 0. The zero-order valence-corrected chi connectivity index (χ0v) is 19.7. The van der Waals surface area contributed by atoms with Gasteiger partial charge in [0.2, 0.25) is 0 Å². The Morgan fingerprint density at radius 2 is 1.59 bits per heavy atom. The molecule has 1 aliphatic heterocycles. The Bertz CT molecular complexity index is 1390. The van der Waals surface area contributed by atoms with Crippen LogP contribution in [0.25, 0.3) is 16.8 Å². The molecule has 4 nitrogen and oxygen atoms in total. The highest BCUT2D eigenvalue weighted by Crippen LogP contribution is 2.33. The molecule has 1 heterocycles. The normalized spacial score (nSPS) is 14.9. The van der Waals surface area contributed by atoms with Crippen molar-refractivity contribution in [1.29, 1.82) is 0 Å². The van der Waals surface area contributed by atoms with Crippen molar-refractivity contribution in [1.82, 2.24) is 4.90 Å². The van der Waals surface area contributed by atoms with Gasteiger partial charge in [-0.15, -0.1) is 0 Å². The molecule has 1 saturated heterocycles. The van der Waals surface area contributed by atoms with Crippen molar-refractivity contribution in [3.8, 4) is 5.75 Å². The second-order valence-corrected chi connectivity index (χ2v) is 9.32. The number of benzene rings is 4.